The first-order valence-corrected chi connectivity index (χ1v) is 27.8. The number of carbonyl (C=O) groups excluding carboxylic acids is 11. The molecule has 0 bridgehead atoms. The number of aliphatic hydroxyl groups is 2. The maximum Gasteiger partial charge on any atom is 0.245 e. The van der Waals surface area contributed by atoms with Gasteiger partial charge in [0, 0.05) is 13.0 Å². The second-order valence-corrected chi connectivity index (χ2v) is 21.5. The van der Waals surface area contributed by atoms with Crippen molar-refractivity contribution in [1.29, 1.82) is 0 Å². The number of rotatable bonds is 27. The van der Waals surface area contributed by atoms with E-state index in [1.807, 2.05) is 13.8 Å². The van der Waals surface area contributed by atoms with Gasteiger partial charge in [0.15, 0.2) is 0 Å². The summed E-state index contributed by atoms with van der Waals surface area (Å²) in [5.74, 6) is -9.67. The van der Waals surface area contributed by atoms with Gasteiger partial charge in [-0.05, 0) is 122 Å². The molecule has 12 atom stereocenters. The Morgan fingerprint density at radius 1 is 0.500 bits per heavy atom. The third-order valence-corrected chi connectivity index (χ3v) is 12.8. The Labute approximate surface area is 469 Å². The normalized spacial score (nSPS) is 23.4. The number of aliphatic hydroxyl groups excluding tert-OH is 2. The minimum Gasteiger partial charge on any atom is -0.391 e. The van der Waals surface area contributed by atoms with Gasteiger partial charge in [0.05, 0.1) is 12.2 Å². The number of amides is 11. The van der Waals surface area contributed by atoms with Crippen LogP contribution in [0.4, 0.5) is 0 Å². The highest BCUT2D eigenvalue weighted by Crippen LogP contribution is 2.12. The molecule has 0 unspecified atom stereocenters. The summed E-state index contributed by atoms with van der Waals surface area (Å²) in [6.07, 6.45) is -2.77. The second kappa shape index (κ2) is 37.8. The lowest BCUT2D eigenvalue weighted by molar-refractivity contribution is -0.137. The van der Waals surface area contributed by atoms with E-state index in [1.165, 1.54) is 13.8 Å². The van der Waals surface area contributed by atoms with Gasteiger partial charge in [-0.3, -0.25) is 52.7 Å². The minimum atomic E-state index is -1.69. The summed E-state index contributed by atoms with van der Waals surface area (Å²) in [7, 11) is 0. The number of nitrogens with two attached hydrogens (primary N) is 5. The largest absolute Gasteiger partial charge is 0.391 e. The lowest BCUT2D eigenvalue weighted by atomic mass is 9.99. The Bertz CT molecular complexity index is 2030. The van der Waals surface area contributed by atoms with E-state index in [0.29, 0.717) is 12.3 Å². The summed E-state index contributed by atoms with van der Waals surface area (Å²) >= 11 is 0. The lowest BCUT2D eigenvalue weighted by Gasteiger charge is -2.29. The summed E-state index contributed by atoms with van der Waals surface area (Å²) in [5, 5.41) is 49.4. The smallest absolute Gasteiger partial charge is 0.245 e. The Morgan fingerprint density at radius 2 is 0.925 bits per heavy atom. The molecular formula is C51H96N16O13. The molecule has 1 aliphatic rings. The average Bonchev–Trinajstić information content (AvgIpc) is 3.36. The third kappa shape index (κ3) is 26.4. The van der Waals surface area contributed by atoms with Crippen molar-refractivity contribution >= 4 is 65.0 Å². The van der Waals surface area contributed by atoms with Gasteiger partial charge in [0.25, 0.3) is 0 Å². The standard InChI is InChI=1S/C51H96N16O13/c1-26(2)10-9-11-39(70)58-31(12-18-52)46(75)67-41(30(8)69)51(80)63-34(15-21-55)43(72)62-36-17-23-57-50(79)40(29(7)68)66-47(76)35(16-22-56)60-42(71)32(13-19-53)61-48(77)37(24-27(3)4)65-49(78)38(25-28(5)6)64-44(73)33(14-20-54)59-45(36)74/h26-38,40-41,68-69H,9-25,52-56H2,1-8H3,(H,57,79)(H,58,70)(H,59,74)(H,60,71)(H,61,77)(H,62,72)(H,63,80)(H,64,73)(H,65,78)(H,66,76)(H,67,75)/t29-,30-,31-,32-,33-,34-,35-,36-,37-,38-,40-,41-/m0/s1. The van der Waals surface area contributed by atoms with Gasteiger partial charge in [0.2, 0.25) is 65.0 Å². The molecule has 11 amide bonds. The molecule has 0 saturated carbocycles. The van der Waals surface area contributed by atoms with Crippen molar-refractivity contribution in [2.45, 2.75) is 199 Å². The van der Waals surface area contributed by atoms with Crippen LogP contribution < -0.4 is 87.2 Å². The quantitative estimate of drug-likeness (QED) is 0.0364. The van der Waals surface area contributed by atoms with E-state index in [9.17, 15) is 63.0 Å². The van der Waals surface area contributed by atoms with Crippen LogP contribution in [0.25, 0.3) is 0 Å². The molecule has 0 aliphatic carbocycles. The molecular weight excluding hydrogens is 1040 g/mol. The first kappa shape index (κ1) is 71.9. The van der Waals surface area contributed by atoms with Crippen LogP contribution in [0.15, 0.2) is 0 Å². The molecule has 1 saturated heterocycles. The van der Waals surface area contributed by atoms with Crippen LogP contribution in [0.2, 0.25) is 0 Å². The zero-order valence-electron chi connectivity index (χ0n) is 48.0. The summed E-state index contributed by atoms with van der Waals surface area (Å²) in [4.78, 5) is 152. The predicted octanol–water partition coefficient (Wildman–Crippen LogP) is -6.22. The summed E-state index contributed by atoms with van der Waals surface area (Å²) < 4.78 is 0. The highest BCUT2D eigenvalue weighted by Gasteiger charge is 2.37. The molecule has 1 heterocycles. The highest BCUT2D eigenvalue weighted by atomic mass is 16.3. The van der Waals surface area contributed by atoms with Crippen LogP contribution >= 0.6 is 0 Å². The van der Waals surface area contributed by atoms with Crippen LogP contribution in [0, 0.1) is 17.8 Å². The maximum absolute atomic E-state index is 14.4. The monoisotopic (exact) mass is 1140 g/mol. The zero-order valence-corrected chi connectivity index (χ0v) is 48.0. The molecule has 23 N–H and O–H groups in total. The maximum atomic E-state index is 14.4. The van der Waals surface area contributed by atoms with Gasteiger partial charge >= 0.3 is 0 Å². The van der Waals surface area contributed by atoms with Crippen LogP contribution in [-0.2, 0) is 52.7 Å². The van der Waals surface area contributed by atoms with Crippen molar-refractivity contribution in [3.05, 3.63) is 0 Å². The van der Waals surface area contributed by atoms with E-state index >= 15 is 0 Å². The van der Waals surface area contributed by atoms with Gasteiger partial charge in [-0.1, -0.05) is 48.0 Å². The molecule has 0 spiro atoms. The molecule has 0 aromatic carbocycles. The lowest BCUT2D eigenvalue weighted by Crippen LogP contribution is -2.62. The molecule has 29 heteroatoms. The number of nitrogens with one attached hydrogen (secondary N) is 11. The van der Waals surface area contributed by atoms with Crippen molar-refractivity contribution in [2.24, 2.45) is 46.4 Å². The SMILES string of the molecule is CC(C)CCCC(=O)N[C@@H](CCN)C(=O)N[C@H](C(=O)N[C@@H](CCN)C(=O)N[C@H]1CCNC(=O)[C@H]([C@H](C)O)NC(=O)[C@H](CCN)NC(=O)[C@H](CCN)NC(=O)[C@H](CC(C)C)NC(=O)[C@H](CC(C)C)NC(=O)[C@H](CCN)NC1=O)[C@H](C)O. The second-order valence-electron chi connectivity index (χ2n) is 21.5. The molecule has 1 fully saturated rings. The molecule has 0 aromatic rings. The molecule has 458 valence electrons. The van der Waals surface area contributed by atoms with Gasteiger partial charge in [-0.2, -0.15) is 0 Å². The number of hydrogen-bond acceptors (Lipinski definition) is 18. The summed E-state index contributed by atoms with van der Waals surface area (Å²) in [6, 6.07) is -14.5. The topological polar surface area (TPSA) is 491 Å². The predicted molar refractivity (Wildman–Crippen MR) is 296 cm³/mol. The van der Waals surface area contributed by atoms with Gasteiger partial charge < -0.3 is 97.4 Å². The van der Waals surface area contributed by atoms with E-state index in [2.05, 4.69) is 58.5 Å². The molecule has 29 nitrogen and oxygen atoms in total. The van der Waals surface area contributed by atoms with Crippen molar-refractivity contribution in [1.82, 2.24) is 58.5 Å². The van der Waals surface area contributed by atoms with E-state index in [-0.39, 0.29) is 95.9 Å². The van der Waals surface area contributed by atoms with Crippen molar-refractivity contribution < 1.29 is 63.0 Å². The van der Waals surface area contributed by atoms with Crippen LogP contribution in [0.1, 0.15) is 126 Å². The van der Waals surface area contributed by atoms with Crippen molar-refractivity contribution in [3.8, 4) is 0 Å². The van der Waals surface area contributed by atoms with Crippen LogP contribution in [0.5, 0.6) is 0 Å². The first-order chi connectivity index (χ1) is 37.6. The fraction of sp³-hybridized carbons (Fsp3) is 0.784. The Hall–Kier alpha value is -6.11. The van der Waals surface area contributed by atoms with Gasteiger partial charge in [-0.25, -0.2) is 0 Å². The number of hydrogen-bond donors (Lipinski definition) is 18. The summed E-state index contributed by atoms with van der Waals surface area (Å²) in [6.45, 7) is 12.4. The van der Waals surface area contributed by atoms with Crippen LogP contribution in [-0.4, -0.2) is 187 Å². The highest BCUT2D eigenvalue weighted by molar-refractivity contribution is 5.99. The van der Waals surface area contributed by atoms with Gasteiger partial charge in [-0.15, -0.1) is 0 Å². The van der Waals surface area contributed by atoms with E-state index in [1.54, 1.807) is 27.7 Å². The molecule has 0 aromatic heterocycles. The minimum absolute atomic E-state index is 0.0157. The molecule has 1 aliphatic heterocycles. The van der Waals surface area contributed by atoms with E-state index < -0.39 is 151 Å². The van der Waals surface area contributed by atoms with Crippen molar-refractivity contribution in [2.75, 3.05) is 39.3 Å². The Morgan fingerprint density at radius 3 is 1.34 bits per heavy atom. The average molecular weight is 1140 g/mol. The molecule has 0 radical (unpaired) electrons. The van der Waals surface area contributed by atoms with E-state index in [4.69, 9.17) is 28.7 Å². The third-order valence-electron chi connectivity index (χ3n) is 12.8. The summed E-state index contributed by atoms with van der Waals surface area (Å²) in [5.41, 5.74) is 29.2. The van der Waals surface area contributed by atoms with Gasteiger partial charge in [0.1, 0.15) is 60.4 Å². The first-order valence-electron chi connectivity index (χ1n) is 27.8. The Balaban J connectivity index is 3.85. The fourth-order valence-electron chi connectivity index (χ4n) is 8.45. The number of carbonyl (C=O) groups is 11. The Kier molecular flexibility index (Phi) is 33.9. The zero-order chi connectivity index (χ0) is 60.8. The fourth-order valence-corrected chi connectivity index (χ4v) is 8.45. The van der Waals surface area contributed by atoms with Crippen molar-refractivity contribution in [3.63, 3.8) is 0 Å². The molecule has 1 rings (SSSR count). The molecule has 80 heavy (non-hydrogen) atoms. The van der Waals surface area contributed by atoms with E-state index in [0.717, 1.165) is 6.42 Å². The van der Waals surface area contributed by atoms with Crippen LogP contribution in [0.3, 0.4) is 0 Å².